The molecule has 1 unspecified atom stereocenters. The molecule has 0 aliphatic carbocycles. The van der Waals surface area contributed by atoms with Gasteiger partial charge in [0.05, 0.1) is 5.92 Å². The summed E-state index contributed by atoms with van der Waals surface area (Å²) in [4.78, 5) is 12.7. The van der Waals surface area contributed by atoms with Crippen molar-refractivity contribution in [1.82, 2.24) is 5.32 Å². The van der Waals surface area contributed by atoms with Crippen LogP contribution in [-0.4, -0.2) is 18.0 Å². The van der Waals surface area contributed by atoms with Crippen LogP contribution in [0.3, 0.4) is 0 Å². The summed E-state index contributed by atoms with van der Waals surface area (Å²) in [7, 11) is 0. The highest BCUT2D eigenvalue weighted by atomic mass is 16.2. The monoisotopic (exact) mass is 288 g/mol. The van der Waals surface area contributed by atoms with Crippen LogP contribution in [0.2, 0.25) is 0 Å². The molecule has 3 nitrogen and oxygen atoms in total. The third kappa shape index (κ3) is 4.23. The van der Waals surface area contributed by atoms with E-state index in [2.05, 4.69) is 57.4 Å². The second-order valence-electron chi connectivity index (χ2n) is 7.97. The summed E-state index contributed by atoms with van der Waals surface area (Å²) in [5.74, 6) is 0.111. The number of anilines is 1. The Morgan fingerprint density at radius 2 is 1.90 bits per heavy atom. The lowest BCUT2D eigenvalue weighted by Gasteiger charge is -2.35. The molecule has 2 N–H and O–H groups in total. The molecule has 1 atom stereocenters. The van der Waals surface area contributed by atoms with Gasteiger partial charge in [0.25, 0.3) is 0 Å². The lowest BCUT2D eigenvalue weighted by atomic mass is 9.81. The minimum atomic E-state index is -0.185. The molecule has 0 saturated carbocycles. The molecule has 1 amide bonds. The number of amides is 1. The van der Waals surface area contributed by atoms with Crippen LogP contribution in [0.4, 0.5) is 5.69 Å². The van der Waals surface area contributed by atoms with Crippen molar-refractivity contribution in [2.75, 3.05) is 11.9 Å². The predicted molar refractivity (Wildman–Crippen MR) is 88.6 cm³/mol. The van der Waals surface area contributed by atoms with Crippen LogP contribution in [0.5, 0.6) is 0 Å². The van der Waals surface area contributed by atoms with E-state index >= 15 is 0 Å². The molecule has 1 aromatic carbocycles. The Morgan fingerprint density at radius 3 is 2.57 bits per heavy atom. The Morgan fingerprint density at radius 1 is 1.24 bits per heavy atom. The highest BCUT2D eigenvalue weighted by Crippen LogP contribution is 2.33. The first kappa shape index (κ1) is 15.9. The van der Waals surface area contributed by atoms with E-state index in [1.165, 1.54) is 0 Å². The first-order valence-electron chi connectivity index (χ1n) is 7.83. The lowest BCUT2D eigenvalue weighted by Crippen LogP contribution is -2.48. The summed E-state index contributed by atoms with van der Waals surface area (Å²) in [6.45, 7) is 11.7. The van der Waals surface area contributed by atoms with Gasteiger partial charge >= 0.3 is 0 Å². The fourth-order valence-corrected chi connectivity index (χ4v) is 3.53. The van der Waals surface area contributed by atoms with Gasteiger partial charge in [0.2, 0.25) is 5.91 Å². The molecule has 2 rings (SSSR count). The van der Waals surface area contributed by atoms with Gasteiger partial charge in [0, 0.05) is 17.8 Å². The van der Waals surface area contributed by atoms with Crippen molar-refractivity contribution in [1.29, 1.82) is 0 Å². The average molecular weight is 288 g/mol. The van der Waals surface area contributed by atoms with E-state index in [0.29, 0.717) is 0 Å². The van der Waals surface area contributed by atoms with Crippen LogP contribution < -0.4 is 10.6 Å². The number of carbonyl (C=O) groups is 1. The molecule has 0 spiro atoms. The van der Waals surface area contributed by atoms with Gasteiger partial charge in [-0.1, -0.05) is 39.0 Å². The molecule has 21 heavy (non-hydrogen) atoms. The molecular weight excluding hydrogens is 260 g/mol. The van der Waals surface area contributed by atoms with Gasteiger partial charge in [-0.15, -0.1) is 0 Å². The number of rotatable bonds is 3. The number of fused-ring (bicyclic) bond motifs is 1. The van der Waals surface area contributed by atoms with E-state index in [-0.39, 0.29) is 22.8 Å². The van der Waals surface area contributed by atoms with Gasteiger partial charge in [-0.05, 0) is 43.7 Å². The minimum Gasteiger partial charge on any atom is -0.385 e. The molecule has 1 aromatic rings. The normalized spacial score (nSPS) is 18.6. The fraction of sp³-hybridized carbons (Fsp3) is 0.611. The zero-order valence-corrected chi connectivity index (χ0v) is 13.9. The predicted octanol–water partition coefficient (Wildman–Crippen LogP) is 3.92. The fourth-order valence-electron chi connectivity index (χ4n) is 3.53. The Labute approximate surface area is 128 Å². The number of benzene rings is 1. The van der Waals surface area contributed by atoms with Crippen LogP contribution in [0.15, 0.2) is 24.3 Å². The van der Waals surface area contributed by atoms with Crippen molar-refractivity contribution >= 4 is 11.6 Å². The summed E-state index contributed by atoms with van der Waals surface area (Å²) in [5, 5.41) is 6.63. The Bertz CT molecular complexity index is 514. The quantitative estimate of drug-likeness (QED) is 0.885. The van der Waals surface area contributed by atoms with Crippen LogP contribution in [-0.2, 0) is 4.79 Å². The third-order valence-corrected chi connectivity index (χ3v) is 3.84. The van der Waals surface area contributed by atoms with Crippen molar-refractivity contribution in [3.05, 3.63) is 29.8 Å². The molecule has 0 aromatic heterocycles. The van der Waals surface area contributed by atoms with Gasteiger partial charge in [0.15, 0.2) is 0 Å². The minimum absolute atomic E-state index is 0.0401. The molecule has 1 aliphatic rings. The van der Waals surface area contributed by atoms with Crippen molar-refractivity contribution in [3.8, 4) is 0 Å². The number of nitrogens with one attached hydrogen (secondary N) is 2. The highest BCUT2D eigenvalue weighted by Gasteiger charge is 2.32. The number of hydrogen-bond donors (Lipinski definition) is 2. The summed E-state index contributed by atoms with van der Waals surface area (Å²) in [5.41, 5.74) is 2.23. The number of hydrogen-bond acceptors (Lipinski definition) is 2. The number of para-hydroxylation sites is 1. The molecule has 1 heterocycles. The Hall–Kier alpha value is -1.51. The second-order valence-corrected chi connectivity index (χ2v) is 7.97. The van der Waals surface area contributed by atoms with Gasteiger partial charge in [-0.2, -0.15) is 0 Å². The summed E-state index contributed by atoms with van der Waals surface area (Å²) < 4.78 is 0. The van der Waals surface area contributed by atoms with Crippen LogP contribution in [0.25, 0.3) is 0 Å². The van der Waals surface area contributed by atoms with Crippen molar-refractivity contribution in [2.45, 2.75) is 58.9 Å². The van der Waals surface area contributed by atoms with Gasteiger partial charge in [-0.3, -0.25) is 4.79 Å². The van der Waals surface area contributed by atoms with Gasteiger partial charge in [-0.25, -0.2) is 0 Å². The molecule has 0 bridgehead atoms. The summed E-state index contributed by atoms with van der Waals surface area (Å²) >= 11 is 0. The second kappa shape index (κ2) is 5.70. The van der Waals surface area contributed by atoms with Crippen LogP contribution >= 0.6 is 0 Å². The molecular formula is C18H28N2O. The molecule has 0 fully saturated rings. The largest absolute Gasteiger partial charge is 0.385 e. The van der Waals surface area contributed by atoms with Crippen molar-refractivity contribution in [2.24, 2.45) is 5.41 Å². The maximum absolute atomic E-state index is 12.7. The standard InChI is InChI=1S/C18H28N2O/c1-17(2,3)12-18(4,5)20-16(21)14-10-11-19-15-9-7-6-8-13(14)15/h6-9,14,19H,10-12H2,1-5H3,(H,20,21). The highest BCUT2D eigenvalue weighted by molar-refractivity contribution is 5.86. The van der Waals surface area contributed by atoms with E-state index in [4.69, 9.17) is 0 Å². The molecule has 3 heteroatoms. The maximum atomic E-state index is 12.7. The van der Waals surface area contributed by atoms with E-state index in [9.17, 15) is 4.79 Å². The summed E-state index contributed by atoms with van der Waals surface area (Å²) in [6.07, 6.45) is 1.81. The van der Waals surface area contributed by atoms with Crippen LogP contribution in [0.1, 0.15) is 58.9 Å². The third-order valence-electron chi connectivity index (χ3n) is 3.84. The van der Waals surface area contributed by atoms with E-state index in [1.807, 2.05) is 12.1 Å². The van der Waals surface area contributed by atoms with Crippen molar-refractivity contribution < 1.29 is 4.79 Å². The first-order valence-corrected chi connectivity index (χ1v) is 7.83. The SMILES string of the molecule is CC(C)(C)CC(C)(C)NC(=O)C1CCNc2ccccc21. The maximum Gasteiger partial charge on any atom is 0.228 e. The molecule has 116 valence electrons. The molecule has 0 saturated heterocycles. The topological polar surface area (TPSA) is 41.1 Å². The smallest absolute Gasteiger partial charge is 0.228 e. The van der Waals surface area contributed by atoms with Crippen LogP contribution in [0, 0.1) is 5.41 Å². The lowest BCUT2D eigenvalue weighted by molar-refractivity contribution is -0.124. The zero-order chi connectivity index (χ0) is 15.7. The number of carbonyl (C=O) groups excluding carboxylic acids is 1. The Balaban J connectivity index is 2.11. The first-order chi connectivity index (χ1) is 9.68. The zero-order valence-electron chi connectivity index (χ0n) is 13.9. The van der Waals surface area contributed by atoms with Gasteiger partial charge in [0.1, 0.15) is 0 Å². The van der Waals surface area contributed by atoms with Gasteiger partial charge < -0.3 is 10.6 Å². The van der Waals surface area contributed by atoms with Crippen molar-refractivity contribution in [3.63, 3.8) is 0 Å². The Kier molecular flexibility index (Phi) is 4.31. The van der Waals surface area contributed by atoms with E-state index in [1.54, 1.807) is 0 Å². The summed E-state index contributed by atoms with van der Waals surface area (Å²) in [6, 6.07) is 8.12. The molecule has 0 radical (unpaired) electrons. The average Bonchev–Trinajstić information content (AvgIpc) is 2.34. The van der Waals surface area contributed by atoms with E-state index in [0.717, 1.165) is 30.6 Å². The van der Waals surface area contributed by atoms with E-state index < -0.39 is 0 Å². The molecule has 1 aliphatic heterocycles.